The van der Waals surface area contributed by atoms with E-state index in [-0.39, 0.29) is 17.4 Å². The van der Waals surface area contributed by atoms with Gasteiger partial charge in [-0.15, -0.1) is 0 Å². The van der Waals surface area contributed by atoms with E-state index in [0.29, 0.717) is 30.1 Å². The molecule has 0 radical (unpaired) electrons. The molecule has 0 aliphatic carbocycles. The number of benzene rings is 1. The third kappa shape index (κ3) is 2.71. The highest BCUT2D eigenvalue weighted by Crippen LogP contribution is 2.24. The van der Waals surface area contributed by atoms with Crippen LogP contribution < -0.4 is 10.5 Å². The molecule has 2 heterocycles. The molecule has 1 aromatic heterocycles. The van der Waals surface area contributed by atoms with Gasteiger partial charge in [-0.25, -0.2) is 0 Å². The number of rotatable bonds is 3. The topological polar surface area (TPSA) is 55.2 Å². The first kappa shape index (κ1) is 13.9. The molecule has 1 aliphatic heterocycles. The molecule has 0 N–H and O–H groups in total. The Labute approximate surface area is 127 Å². The molecule has 1 fully saturated rings. The van der Waals surface area contributed by atoms with Crippen LogP contribution in [-0.2, 0) is 4.79 Å². The second-order valence-corrected chi connectivity index (χ2v) is 5.42. The molecule has 1 unspecified atom stereocenters. The highest BCUT2D eigenvalue weighted by Gasteiger charge is 2.30. The molecule has 1 aliphatic rings. The minimum atomic E-state index is -0.249. The van der Waals surface area contributed by atoms with Gasteiger partial charge in [0.15, 0.2) is 0 Å². The van der Waals surface area contributed by atoms with Crippen molar-refractivity contribution in [2.45, 2.75) is 6.42 Å². The quantitative estimate of drug-likeness (QED) is 0.875. The van der Waals surface area contributed by atoms with E-state index in [0.717, 1.165) is 0 Å². The molecule has 1 atom stereocenters. The van der Waals surface area contributed by atoms with E-state index >= 15 is 0 Å². The zero-order chi connectivity index (χ0) is 14.8. The van der Waals surface area contributed by atoms with Gasteiger partial charge in [0.25, 0.3) is 5.56 Å². The molecular weight excluding hydrogens is 286 g/mol. The lowest BCUT2D eigenvalue weighted by molar-refractivity contribution is -0.117. The van der Waals surface area contributed by atoms with Gasteiger partial charge in [0, 0.05) is 19.0 Å². The maximum atomic E-state index is 12.2. The van der Waals surface area contributed by atoms with Crippen molar-refractivity contribution >= 4 is 24.2 Å². The summed E-state index contributed by atoms with van der Waals surface area (Å²) >= 11 is 4.23. The molecule has 1 amide bonds. The van der Waals surface area contributed by atoms with Gasteiger partial charge in [0.2, 0.25) is 5.91 Å². The molecule has 6 heteroatoms. The second-order valence-electron chi connectivity index (χ2n) is 5.06. The van der Waals surface area contributed by atoms with E-state index < -0.39 is 0 Å². The van der Waals surface area contributed by atoms with Crippen LogP contribution in [0.4, 0.5) is 5.69 Å². The van der Waals surface area contributed by atoms with Crippen LogP contribution in [0.1, 0.15) is 6.42 Å². The lowest BCUT2D eigenvalue weighted by Gasteiger charge is -2.16. The van der Waals surface area contributed by atoms with Crippen molar-refractivity contribution in [3.05, 3.63) is 52.9 Å². The van der Waals surface area contributed by atoms with Crippen LogP contribution in [-0.4, -0.2) is 28.0 Å². The van der Waals surface area contributed by atoms with Crippen LogP contribution >= 0.6 is 12.6 Å². The average molecular weight is 301 g/mol. The SMILES string of the molecule is O=C1CC(CS)CN1c1cnn(-c2ccccc2)c(=O)c1. The van der Waals surface area contributed by atoms with E-state index in [1.165, 1.54) is 10.7 Å². The molecule has 0 saturated carbocycles. The number of hydrogen-bond acceptors (Lipinski definition) is 4. The Balaban J connectivity index is 1.92. The molecule has 21 heavy (non-hydrogen) atoms. The largest absolute Gasteiger partial charge is 0.310 e. The number of carbonyl (C=O) groups is 1. The standard InChI is InChI=1S/C15H15N3O2S/c19-14-6-11(10-21)9-17(14)13-7-15(20)18(16-8-13)12-4-2-1-3-5-12/h1-5,7-8,11,21H,6,9-10H2. The van der Waals surface area contributed by atoms with Crippen LogP contribution in [0.25, 0.3) is 5.69 Å². The fourth-order valence-electron chi connectivity index (χ4n) is 2.46. The predicted octanol–water partition coefficient (Wildman–Crippen LogP) is 1.52. The van der Waals surface area contributed by atoms with Gasteiger partial charge in [-0.3, -0.25) is 9.59 Å². The molecule has 108 valence electrons. The van der Waals surface area contributed by atoms with Gasteiger partial charge in [-0.05, 0) is 23.8 Å². The van der Waals surface area contributed by atoms with Crippen LogP contribution in [0.2, 0.25) is 0 Å². The lowest BCUT2D eigenvalue weighted by Crippen LogP contribution is -2.28. The summed E-state index contributed by atoms with van der Waals surface area (Å²) in [4.78, 5) is 25.8. The molecular formula is C15H15N3O2S. The molecule has 5 nitrogen and oxygen atoms in total. The summed E-state index contributed by atoms with van der Waals surface area (Å²) < 4.78 is 1.32. The van der Waals surface area contributed by atoms with Crippen molar-refractivity contribution in [2.75, 3.05) is 17.2 Å². The summed E-state index contributed by atoms with van der Waals surface area (Å²) in [5, 5.41) is 4.17. The molecule has 2 aromatic rings. The molecule has 1 aromatic carbocycles. The number of carbonyl (C=O) groups excluding carboxylic acids is 1. The van der Waals surface area contributed by atoms with Crippen molar-refractivity contribution in [2.24, 2.45) is 5.92 Å². The van der Waals surface area contributed by atoms with Crippen molar-refractivity contribution < 1.29 is 4.79 Å². The van der Waals surface area contributed by atoms with E-state index in [2.05, 4.69) is 17.7 Å². The normalized spacial score (nSPS) is 18.2. The fraction of sp³-hybridized carbons (Fsp3) is 0.267. The number of para-hydroxylation sites is 1. The summed E-state index contributed by atoms with van der Waals surface area (Å²) in [6, 6.07) is 10.7. The Morgan fingerprint density at radius 3 is 2.57 bits per heavy atom. The number of aromatic nitrogens is 2. The van der Waals surface area contributed by atoms with Gasteiger partial charge in [-0.2, -0.15) is 22.4 Å². The van der Waals surface area contributed by atoms with Crippen molar-refractivity contribution in [1.29, 1.82) is 0 Å². The first-order chi connectivity index (χ1) is 10.2. The van der Waals surface area contributed by atoms with Crippen LogP contribution in [0, 0.1) is 5.92 Å². The van der Waals surface area contributed by atoms with Crippen molar-refractivity contribution in [1.82, 2.24) is 9.78 Å². The lowest BCUT2D eigenvalue weighted by atomic mass is 10.1. The Bertz CT molecular complexity index is 714. The maximum Gasteiger partial charge on any atom is 0.273 e. The fourth-order valence-corrected chi connectivity index (χ4v) is 2.71. The molecule has 0 spiro atoms. The second kappa shape index (κ2) is 5.73. The Morgan fingerprint density at radius 1 is 1.19 bits per heavy atom. The zero-order valence-electron chi connectivity index (χ0n) is 11.3. The summed E-state index contributed by atoms with van der Waals surface area (Å²) in [7, 11) is 0. The average Bonchev–Trinajstić information content (AvgIpc) is 2.89. The van der Waals surface area contributed by atoms with E-state index in [1.54, 1.807) is 11.1 Å². The third-order valence-electron chi connectivity index (χ3n) is 3.56. The highest BCUT2D eigenvalue weighted by atomic mass is 32.1. The minimum Gasteiger partial charge on any atom is -0.310 e. The maximum absolute atomic E-state index is 12.2. The summed E-state index contributed by atoms with van der Waals surface area (Å²) in [5.74, 6) is 0.918. The first-order valence-electron chi connectivity index (χ1n) is 6.75. The Hall–Kier alpha value is -2.08. The molecule has 0 bridgehead atoms. The number of hydrogen-bond donors (Lipinski definition) is 1. The minimum absolute atomic E-state index is 0.0210. The number of amides is 1. The summed E-state index contributed by atoms with van der Waals surface area (Å²) in [6.45, 7) is 0.596. The number of thiol groups is 1. The van der Waals surface area contributed by atoms with E-state index in [4.69, 9.17) is 0 Å². The van der Waals surface area contributed by atoms with Crippen LogP contribution in [0.3, 0.4) is 0 Å². The van der Waals surface area contributed by atoms with Crippen LogP contribution in [0.5, 0.6) is 0 Å². The van der Waals surface area contributed by atoms with E-state index in [1.807, 2.05) is 30.3 Å². The molecule has 1 saturated heterocycles. The monoisotopic (exact) mass is 301 g/mol. The zero-order valence-corrected chi connectivity index (χ0v) is 12.2. The first-order valence-corrected chi connectivity index (χ1v) is 7.38. The van der Waals surface area contributed by atoms with Gasteiger partial charge >= 0.3 is 0 Å². The van der Waals surface area contributed by atoms with Gasteiger partial charge < -0.3 is 4.90 Å². The van der Waals surface area contributed by atoms with Gasteiger partial charge in [-0.1, -0.05) is 18.2 Å². The highest BCUT2D eigenvalue weighted by molar-refractivity contribution is 7.80. The number of anilines is 1. The Morgan fingerprint density at radius 2 is 1.95 bits per heavy atom. The van der Waals surface area contributed by atoms with Gasteiger partial charge in [0.1, 0.15) is 0 Å². The smallest absolute Gasteiger partial charge is 0.273 e. The summed E-state index contributed by atoms with van der Waals surface area (Å²) in [5.41, 5.74) is 1.01. The number of nitrogens with zero attached hydrogens (tertiary/aromatic N) is 3. The summed E-state index contributed by atoms with van der Waals surface area (Å²) in [6.07, 6.45) is 2.04. The predicted molar refractivity (Wildman–Crippen MR) is 84.1 cm³/mol. The Kier molecular flexibility index (Phi) is 3.79. The van der Waals surface area contributed by atoms with E-state index in [9.17, 15) is 9.59 Å². The van der Waals surface area contributed by atoms with Crippen molar-refractivity contribution in [3.8, 4) is 5.69 Å². The van der Waals surface area contributed by atoms with Crippen LogP contribution in [0.15, 0.2) is 47.4 Å². The third-order valence-corrected chi connectivity index (χ3v) is 4.08. The molecule has 3 rings (SSSR count). The van der Waals surface area contributed by atoms with Crippen molar-refractivity contribution in [3.63, 3.8) is 0 Å². The van der Waals surface area contributed by atoms with Gasteiger partial charge in [0.05, 0.1) is 17.6 Å².